The van der Waals surface area contributed by atoms with Gasteiger partial charge in [0.15, 0.2) is 0 Å². The minimum absolute atomic E-state index is 0.00770. The van der Waals surface area contributed by atoms with Gasteiger partial charge in [0.25, 0.3) is 0 Å². The highest BCUT2D eigenvalue weighted by Crippen LogP contribution is 2.26. The van der Waals surface area contributed by atoms with E-state index in [0.717, 1.165) is 9.87 Å². The van der Waals surface area contributed by atoms with Crippen LogP contribution >= 0.6 is 0 Å². The molecule has 0 saturated carbocycles. The first-order valence-corrected chi connectivity index (χ1v) is 14.9. The van der Waals surface area contributed by atoms with Crippen LogP contribution in [-0.2, 0) is 42.0 Å². The minimum atomic E-state index is -3.91. The van der Waals surface area contributed by atoms with Gasteiger partial charge in [-0.05, 0) is 55.9 Å². The fourth-order valence-corrected chi connectivity index (χ4v) is 6.36. The quantitative estimate of drug-likeness (QED) is 0.172. The average molecular weight is 585 g/mol. The molecule has 2 aromatic rings. The van der Waals surface area contributed by atoms with Crippen LogP contribution in [0.4, 0.5) is 0 Å². The van der Waals surface area contributed by atoms with E-state index in [2.05, 4.69) is 10.3 Å². The molecule has 0 unspecified atom stereocenters. The van der Waals surface area contributed by atoms with Crippen LogP contribution in [0.25, 0.3) is 0 Å². The number of hydrogen-bond donors (Lipinski definition) is 3. The van der Waals surface area contributed by atoms with Gasteiger partial charge in [0.2, 0.25) is 21.8 Å². The monoisotopic (exact) mass is 584 g/mol. The summed E-state index contributed by atoms with van der Waals surface area (Å²) >= 11 is 0. The van der Waals surface area contributed by atoms with E-state index < -0.39 is 34.0 Å². The average Bonchev–Trinajstić information content (AvgIpc) is 3.43. The van der Waals surface area contributed by atoms with Crippen molar-refractivity contribution in [3.63, 3.8) is 0 Å². The Balaban J connectivity index is 1.53. The molecule has 11 nitrogen and oxygen atoms in total. The van der Waals surface area contributed by atoms with Gasteiger partial charge in [0, 0.05) is 32.2 Å². The first kappa shape index (κ1) is 31.6. The summed E-state index contributed by atoms with van der Waals surface area (Å²) in [6, 6.07) is 12.5. The molecule has 0 bridgehead atoms. The summed E-state index contributed by atoms with van der Waals surface area (Å²) in [5.41, 5.74) is 6.78. The van der Waals surface area contributed by atoms with Crippen LogP contribution in [0.3, 0.4) is 0 Å². The number of amides is 2. The molecule has 12 heteroatoms. The molecule has 1 aliphatic heterocycles. The van der Waals surface area contributed by atoms with Crippen LogP contribution in [0.5, 0.6) is 0 Å². The first-order valence-electron chi connectivity index (χ1n) is 13.5. The summed E-state index contributed by atoms with van der Waals surface area (Å²) in [7, 11) is -3.91. The summed E-state index contributed by atoms with van der Waals surface area (Å²) in [4.78, 5) is 52.6. The van der Waals surface area contributed by atoms with Crippen molar-refractivity contribution in [2.24, 2.45) is 10.7 Å². The molecule has 0 radical (unpaired) electrons. The number of sulfonamides is 1. The Morgan fingerprint density at radius 3 is 2.29 bits per heavy atom. The molecule has 220 valence electrons. The minimum Gasteiger partial charge on any atom is -0.480 e. The molecule has 41 heavy (non-hydrogen) atoms. The third kappa shape index (κ3) is 9.32. The molecule has 2 atom stereocenters. The zero-order chi connectivity index (χ0) is 30.0. The Bertz CT molecular complexity index is 1370. The van der Waals surface area contributed by atoms with Gasteiger partial charge in [-0.25, -0.2) is 18.2 Å². The molecule has 0 spiro atoms. The van der Waals surface area contributed by atoms with Crippen LogP contribution in [-0.4, -0.2) is 65.9 Å². The highest BCUT2D eigenvalue weighted by atomic mass is 32.2. The van der Waals surface area contributed by atoms with Crippen LogP contribution in [0.15, 0.2) is 64.5 Å². The van der Waals surface area contributed by atoms with E-state index in [9.17, 15) is 32.7 Å². The molecule has 1 heterocycles. The molecule has 2 aromatic carbocycles. The lowest BCUT2D eigenvalue weighted by Gasteiger charge is -2.25. The highest BCUT2D eigenvalue weighted by molar-refractivity contribution is 7.89. The van der Waals surface area contributed by atoms with E-state index >= 15 is 0 Å². The van der Waals surface area contributed by atoms with Crippen molar-refractivity contribution in [3.8, 4) is 0 Å². The first-order chi connectivity index (χ1) is 19.5. The second kappa shape index (κ2) is 14.6. The Morgan fingerprint density at radius 1 is 1.02 bits per heavy atom. The van der Waals surface area contributed by atoms with E-state index in [1.165, 1.54) is 19.1 Å². The molecule has 0 aliphatic carbocycles. The Morgan fingerprint density at radius 2 is 1.66 bits per heavy atom. The van der Waals surface area contributed by atoms with Gasteiger partial charge in [0.1, 0.15) is 17.9 Å². The standard InChI is InChI=1S/C29H36N4O7S/c1-20(30)31-27(35)12-6-5-8-23(34)18-21-13-15-22(16-14-21)19-25(29(37)38)32-28(36)26-11-7-17-33(26)41(39,40)24-9-3-2-4-10-24/h2-4,9-10,13-16,25-26H,5-8,11-12,17-19H2,1H3,(H,32,36)(H,37,38)(H2,30,31,35)/t25-,26-/m0/s1. The molecule has 4 N–H and O–H groups in total. The van der Waals surface area contributed by atoms with Gasteiger partial charge in [-0.3, -0.25) is 14.4 Å². The molecule has 2 amide bonds. The van der Waals surface area contributed by atoms with E-state index in [1.54, 1.807) is 42.5 Å². The number of carbonyl (C=O) groups excluding carboxylic acids is 3. The molecule has 1 fully saturated rings. The third-order valence-electron chi connectivity index (χ3n) is 6.73. The maximum absolute atomic E-state index is 13.1. The van der Waals surface area contributed by atoms with Crippen LogP contribution in [0, 0.1) is 0 Å². The highest BCUT2D eigenvalue weighted by Gasteiger charge is 2.40. The number of Topliss-reactive ketones (excluding diaryl/α,β-unsaturated/α-hetero) is 1. The van der Waals surface area contributed by atoms with E-state index in [1.807, 2.05) is 0 Å². The van der Waals surface area contributed by atoms with Gasteiger partial charge in [-0.2, -0.15) is 4.31 Å². The smallest absolute Gasteiger partial charge is 0.326 e. The zero-order valence-electron chi connectivity index (χ0n) is 23.0. The van der Waals surface area contributed by atoms with Gasteiger partial charge < -0.3 is 16.2 Å². The lowest BCUT2D eigenvalue weighted by molar-refractivity contribution is -0.142. The number of aliphatic carboxylic acids is 1. The Kier molecular flexibility index (Phi) is 11.3. The van der Waals surface area contributed by atoms with E-state index in [-0.39, 0.29) is 48.2 Å². The SMILES string of the molecule is CC(N)=NC(=O)CCCCC(=O)Cc1ccc(C[C@H](NC(=O)[C@@H]2CCCN2S(=O)(=O)c2ccccc2)C(=O)O)cc1. The third-order valence-corrected chi connectivity index (χ3v) is 8.65. The number of nitrogens with two attached hydrogens (primary N) is 1. The van der Waals surface area contributed by atoms with Crippen molar-refractivity contribution in [1.29, 1.82) is 0 Å². The predicted molar refractivity (Wildman–Crippen MR) is 153 cm³/mol. The van der Waals surface area contributed by atoms with Crippen molar-refractivity contribution in [1.82, 2.24) is 9.62 Å². The lowest BCUT2D eigenvalue weighted by Crippen LogP contribution is -2.51. The van der Waals surface area contributed by atoms with Crippen molar-refractivity contribution in [2.75, 3.05) is 6.54 Å². The van der Waals surface area contributed by atoms with Gasteiger partial charge in [-0.1, -0.05) is 42.5 Å². The second-order valence-electron chi connectivity index (χ2n) is 10.1. The Labute approximate surface area is 239 Å². The molecular weight excluding hydrogens is 548 g/mol. The van der Waals surface area contributed by atoms with Crippen molar-refractivity contribution >= 4 is 39.4 Å². The predicted octanol–water partition coefficient (Wildman–Crippen LogP) is 2.23. The topological polar surface area (TPSA) is 176 Å². The summed E-state index contributed by atoms with van der Waals surface area (Å²) < 4.78 is 27.3. The van der Waals surface area contributed by atoms with Crippen molar-refractivity contribution in [3.05, 3.63) is 65.7 Å². The van der Waals surface area contributed by atoms with E-state index in [0.29, 0.717) is 37.7 Å². The molecule has 1 saturated heterocycles. The number of unbranched alkanes of at least 4 members (excludes halogenated alkanes) is 1. The number of benzene rings is 2. The fraction of sp³-hybridized carbons (Fsp3) is 0.414. The molecule has 3 rings (SSSR count). The maximum Gasteiger partial charge on any atom is 0.326 e. The van der Waals surface area contributed by atoms with Crippen LogP contribution in [0.2, 0.25) is 0 Å². The second-order valence-corrected chi connectivity index (χ2v) is 12.0. The van der Waals surface area contributed by atoms with Gasteiger partial charge in [-0.15, -0.1) is 0 Å². The summed E-state index contributed by atoms with van der Waals surface area (Å²) in [5, 5.41) is 12.3. The molecule has 1 aliphatic rings. The summed E-state index contributed by atoms with van der Waals surface area (Å²) in [5.74, 6) is -1.96. The molecular formula is C29H36N4O7S. The van der Waals surface area contributed by atoms with Crippen molar-refractivity contribution < 1.29 is 32.7 Å². The Hall–Kier alpha value is -3.90. The van der Waals surface area contributed by atoms with Gasteiger partial charge >= 0.3 is 5.97 Å². The molecule has 0 aromatic heterocycles. The number of carboxylic acid groups (broad SMARTS) is 1. The number of hydrogen-bond acceptors (Lipinski definition) is 6. The summed E-state index contributed by atoms with van der Waals surface area (Å²) in [6.45, 7) is 1.71. The number of nitrogens with zero attached hydrogens (tertiary/aromatic N) is 2. The number of ketones is 1. The zero-order valence-corrected chi connectivity index (χ0v) is 23.8. The summed E-state index contributed by atoms with van der Waals surface area (Å²) in [6.07, 6.45) is 2.65. The van der Waals surface area contributed by atoms with Crippen LogP contribution < -0.4 is 11.1 Å². The van der Waals surface area contributed by atoms with Crippen LogP contribution in [0.1, 0.15) is 56.6 Å². The number of nitrogens with one attached hydrogen (secondary N) is 1. The fourth-order valence-electron chi connectivity index (χ4n) is 4.68. The van der Waals surface area contributed by atoms with Gasteiger partial charge in [0.05, 0.1) is 10.7 Å². The number of carboxylic acids is 1. The maximum atomic E-state index is 13.1. The number of carbonyl (C=O) groups is 4. The number of aliphatic imine (C=N–C) groups is 1. The van der Waals surface area contributed by atoms with Crippen molar-refractivity contribution in [2.45, 2.75) is 75.3 Å². The largest absolute Gasteiger partial charge is 0.480 e. The van der Waals surface area contributed by atoms with E-state index in [4.69, 9.17) is 5.73 Å². The lowest BCUT2D eigenvalue weighted by atomic mass is 10.00. The number of rotatable bonds is 14. The normalized spacial score (nSPS) is 16.7. The number of amidine groups is 1.